The van der Waals surface area contributed by atoms with E-state index in [0.29, 0.717) is 5.78 Å². The molecule has 0 amide bonds. The van der Waals surface area contributed by atoms with Crippen molar-refractivity contribution in [2.75, 3.05) is 7.11 Å². The number of hydrogen-bond acceptors (Lipinski definition) is 2. The number of fused-ring (bicyclic) bond motifs is 2. The monoisotopic (exact) mass is 255 g/mol. The van der Waals surface area contributed by atoms with Gasteiger partial charge in [-0.2, -0.15) is 0 Å². The molecule has 2 aliphatic carbocycles. The molecule has 98 valence electrons. The van der Waals surface area contributed by atoms with E-state index >= 15 is 0 Å². The number of nitrogens with one attached hydrogen (secondary N) is 1. The molecule has 19 heavy (non-hydrogen) atoms. The molecule has 2 aliphatic rings. The normalized spacial score (nSPS) is 28.4. The first-order chi connectivity index (χ1) is 9.28. The van der Waals surface area contributed by atoms with Gasteiger partial charge in [0.25, 0.3) is 0 Å². The Labute approximate surface area is 112 Å². The average Bonchev–Trinajstić information content (AvgIpc) is 2.89. The third kappa shape index (κ3) is 1.61. The standard InChI is InChI=1S/C16H17NO2/c1-19-14-4-2-3-13-15(14)12(8-17-13)16(18)11-6-9-5-10(9)7-11/h2-4,8-11,17H,5-7H2,1H3. The fourth-order valence-corrected chi connectivity index (χ4v) is 3.66. The van der Waals surface area contributed by atoms with Crippen LogP contribution in [0.15, 0.2) is 24.4 Å². The van der Waals surface area contributed by atoms with Crippen molar-refractivity contribution in [1.82, 2.24) is 4.98 Å². The van der Waals surface area contributed by atoms with Crippen molar-refractivity contribution in [2.45, 2.75) is 19.3 Å². The number of rotatable bonds is 3. The second kappa shape index (κ2) is 3.86. The van der Waals surface area contributed by atoms with Gasteiger partial charge in [-0.25, -0.2) is 0 Å². The molecule has 2 aromatic rings. The molecular formula is C16H17NO2. The number of carbonyl (C=O) groups is 1. The van der Waals surface area contributed by atoms with Gasteiger partial charge in [0.1, 0.15) is 5.75 Å². The largest absolute Gasteiger partial charge is 0.496 e. The molecule has 0 aliphatic heterocycles. The maximum Gasteiger partial charge on any atom is 0.168 e. The van der Waals surface area contributed by atoms with Crippen LogP contribution in [0.5, 0.6) is 5.75 Å². The van der Waals surface area contributed by atoms with E-state index in [1.165, 1.54) is 6.42 Å². The number of ketones is 1. The van der Waals surface area contributed by atoms with E-state index in [-0.39, 0.29) is 5.92 Å². The summed E-state index contributed by atoms with van der Waals surface area (Å²) < 4.78 is 5.40. The summed E-state index contributed by atoms with van der Waals surface area (Å²) in [6, 6.07) is 5.84. The van der Waals surface area contributed by atoms with Gasteiger partial charge in [0.2, 0.25) is 0 Å². The smallest absolute Gasteiger partial charge is 0.168 e. The zero-order chi connectivity index (χ0) is 13.0. The molecule has 1 aromatic carbocycles. The van der Waals surface area contributed by atoms with Gasteiger partial charge in [0, 0.05) is 23.2 Å². The highest BCUT2D eigenvalue weighted by molar-refractivity contribution is 6.11. The topological polar surface area (TPSA) is 42.1 Å². The predicted octanol–water partition coefficient (Wildman–Crippen LogP) is 3.41. The summed E-state index contributed by atoms with van der Waals surface area (Å²) in [7, 11) is 1.65. The zero-order valence-electron chi connectivity index (χ0n) is 11.0. The van der Waals surface area contributed by atoms with Gasteiger partial charge in [-0.1, -0.05) is 6.07 Å². The average molecular weight is 255 g/mol. The summed E-state index contributed by atoms with van der Waals surface area (Å²) in [5.74, 6) is 2.97. The van der Waals surface area contributed by atoms with Crippen LogP contribution in [-0.2, 0) is 0 Å². The summed E-state index contributed by atoms with van der Waals surface area (Å²) in [5, 5.41) is 0.940. The van der Waals surface area contributed by atoms with E-state index in [2.05, 4.69) is 4.98 Å². The molecule has 0 spiro atoms. The van der Waals surface area contributed by atoms with Gasteiger partial charge in [-0.15, -0.1) is 0 Å². The summed E-state index contributed by atoms with van der Waals surface area (Å²) in [5.41, 5.74) is 1.78. The van der Waals surface area contributed by atoms with Crippen molar-refractivity contribution < 1.29 is 9.53 Å². The van der Waals surface area contributed by atoms with Crippen LogP contribution in [-0.4, -0.2) is 17.9 Å². The molecule has 0 radical (unpaired) electrons. The van der Waals surface area contributed by atoms with Crippen LogP contribution in [0.3, 0.4) is 0 Å². The maximum absolute atomic E-state index is 12.7. The highest BCUT2D eigenvalue weighted by Crippen LogP contribution is 2.55. The lowest BCUT2D eigenvalue weighted by molar-refractivity contribution is 0.0916. The summed E-state index contributed by atoms with van der Waals surface area (Å²) >= 11 is 0. The number of benzene rings is 1. The molecule has 1 heterocycles. The minimum atomic E-state index is 0.229. The van der Waals surface area contributed by atoms with Crippen molar-refractivity contribution in [3.63, 3.8) is 0 Å². The Bertz CT molecular complexity index is 648. The zero-order valence-corrected chi connectivity index (χ0v) is 11.0. The summed E-state index contributed by atoms with van der Waals surface area (Å²) in [6.45, 7) is 0. The molecule has 0 saturated heterocycles. The molecule has 4 rings (SSSR count). The van der Waals surface area contributed by atoms with Crippen LogP contribution in [0, 0.1) is 17.8 Å². The number of H-pyrrole nitrogens is 1. The van der Waals surface area contributed by atoms with Crippen LogP contribution in [0.1, 0.15) is 29.6 Å². The Hall–Kier alpha value is -1.77. The lowest BCUT2D eigenvalue weighted by atomic mass is 9.93. The summed E-state index contributed by atoms with van der Waals surface area (Å²) in [6.07, 6.45) is 5.37. The minimum Gasteiger partial charge on any atom is -0.496 e. The van der Waals surface area contributed by atoms with Crippen LogP contribution in [0.2, 0.25) is 0 Å². The van der Waals surface area contributed by atoms with Gasteiger partial charge in [-0.05, 0) is 43.2 Å². The molecule has 0 bridgehead atoms. The van der Waals surface area contributed by atoms with Crippen molar-refractivity contribution in [1.29, 1.82) is 0 Å². The number of methoxy groups -OCH3 is 1. The predicted molar refractivity (Wildman–Crippen MR) is 73.5 cm³/mol. The molecule has 3 heteroatoms. The van der Waals surface area contributed by atoms with E-state index in [1.54, 1.807) is 7.11 Å². The lowest BCUT2D eigenvalue weighted by Gasteiger charge is -2.10. The molecule has 2 saturated carbocycles. The van der Waals surface area contributed by atoms with Crippen LogP contribution in [0.4, 0.5) is 0 Å². The van der Waals surface area contributed by atoms with Crippen LogP contribution >= 0.6 is 0 Å². The SMILES string of the molecule is COc1cccc2[nH]cc(C(=O)C3CC4CC4C3)c12. The Morgan fingerprint density at radius 1 is 1.26 bits per heavy atom. The van der Waals surface area contributed by atoms with Crippen molar-refractivity contribution >= 4 is 16.7 Å². The van der Waals surface area contributed by atoms with E-state index in [4.69, 9.17) is 4.74 Å². The number of aromatic amines is 1. The quantitative estimate of drug-likeness (QED) is 0.854. The highest BCUT2D eigenvalue weighted by atomic mass is 16.5. The molecule has 2 unspecified atom stereocenters. The van der Waals surface area contributed by atoms with Crippen molar-refractivity contribution in [3.8, 4) is 5.75 Å². The number of hydrogen-bond donors (Lipinski definition) is 1. The third-order valence-corrected chi connectivity index (χ3v) is 4.77. The number of Topliss-reactive ketones (excluding diaryl/α,β-unsaturated/α-hetero) is 1. The maximum atomic E-state index is 12.7. The Balaban J connectivity index is 1.76. The summed E-state index contributed by atoms with van der Waals surface area (Å²) in [4.78, 5) is 15.9. The van der Waals surface area contributed by atoms with E-state index < -0.39 is 0 Å². The lowest BCUT2D eigenvalue weighted by Crippen LogP contribution is -2.12. The third-order valence-electron chi connectivity index (χ3n) is 4.77. The van der Waals surface area contributed by atoms with Gasteiger partial charge in [-0.3, -0.25) is 4.79 Å². The molecule has 1 N–H and O–H groups in total. The van der Waals surface area contributed by atoms with Crippen molar-refractivity contribution in [2.24, 2.45) is 17.8 Å². The van der Waals surface area contributed by atoms with Gasteiger partial charge >= 0.3 is 0 Å². The molecule has 2 atom stereocenters. The fraction of sp³-hybridized carbons (Fsp3) is 0.438. The van der Waals surface area contributed by atoms with Gasteiger partial charge < -0.3 is 9.72 Å². The number of aromatic nitrogens is 1. The van der Waals surface area contributed by atoms with Gasteiger partial charge in [0.15, 0.2) is 5.78 Å². The molecule has 2 fully saturated rings. The number of ether oxygens (including phenoxy) is 1. The van der Waals surface area contributed by atoms with Crippen LogP contribution < -0.4 is 4.74 Å². The Morgan fingerprint density at radius 3 is 2.79 bits per heavy atom. The second-order valence-electron chi connectivity index (χ2n) is 5.87. The Kier molecular flexibility index (Phi) is 2.25. The fourth-order valence-electron chi connectivity index (χ4n) is 3.66. The first-order valence-electron chi connectivity index (χ1n) is 6.96. The van der Waals surface area contributed by atoms with Gasteiger partial charge in [0.05, 0.1) is 12.5 Å². The van der Waals surface area contributed by atoms with E-state index in [0.717, 1.165) is 46.9 Å². The number of carbonyl (C=O) groups excluding carboxylic acids is 1. The Morgan fingerprint density at radius 2 is 2.05 bits per heavy atom. The first kappa shape index (κ1) is 11.1. The van der Waals surface area contributed by atoms with E-state index in [9.17, 15) is 4.79 Å². The van der Waals surface area contributed by atoms with Crippen molar-refractivity contribution in [3.05, 3.63) is 30.0 Å². The van der Waals surface area contributed by atoms with E-state index in [1.807, 2.05) is 24.4 Å². The molecule has 1 aromatic heterocycles. The highest BCUT2D eigenvalue weighted by Gasteiger charge is 2.48. The first-order valence-corrected chi connectivity index (χ1v) is 6.96. The molecular weight excluding hydrogens is 238 g/mol. The molecule has 3 nitrogen and oxygen atoms in total. The second-order valence-corrected chi connectivity index (χ2v) is 5.87. The van der Waals surface area contributed by atoms with Crippen LogP contribution in [0.25, 0.3) is 10.9 Å². The minimum absolute atomic E-state index is 0.229.